The highest BCUT2D eigenvalue weighted by Gasteiger charge is 1.97. The van der Waals surface area contributed by atoms with Crippen molar-refractivity contribution in [3.8, 4) is 0 Å². The molecule has 0 atom stereocenters. The van der Waals surface area contributed by atoms with Gasteiger partial charge in [-0.2, -0.15) is 5.10 Å². The molecule has 4 heteroatoms. The first-order valence-electron chi connectivity index (χ1n) is 3.96. The molecule has 2 rings (SSSR count). The van der Waals surface area contributed by atoms with Gasteiger partial charge in [-0.05, 0) is 12.1 Å². The van der Waals surface area contributed by atoms with E-state index in [4.69, 9.17) is 0 Å². The summed E-state index contributed by atoms with van der Waals surface area (Å²) in [6.45, 7) is 4.26. The highest BCUT2D eigenvalue weighted by Crippen LogP contribution is 1.96. The highest BCUT2D eigenvalue weighted by atomic mass is 15.3. The number of hydrogen-bond acceptors (Lipinski definition) is 3. The van der Waals surface area contributed by atoms with E-state index in [-0.39, 0.29) is 0 Å². The van der Waals surface area contributed by atoms with Crippen LogP contribution in [-0.2, 0) is 6.54 Å². The minimum atomic E-state index is 0.538. The maximum Gasteiger partial charge on any atom is 0.151 e. The smallest absolute Gasteiger partial charge is 0.151 e. The van der Waals surface area contributed by atoms with Gasteiger partial charge in [-0.1, -0.05) is 6.07 Å². The molecule has 0 saturated carbocycles. The van der Waals surface area contributed by atoms with Gasteiger partial charge in [0.05, 0.1) is 12.2 Å². The van der Waals surface area contributed by atoms with E-state index < -0.39 is 0 Å². The minimum absolute atomic E-state index is 0.538. The Morgan fingerprint density at radius 3 is 2.85 bits per heavy atom. The molecule has 0 saturated heterocycles. The lowest BCUT2D eigenvalue weighted by Crippen LogP contribution is -2.01. The van der Waals surface area contributed by atoms with Crippen molar-refractivity contribution >= 4 is 0 Å². The number of hydrogen-bond donors (Lipinski definition) is 0. The normalized spacial score (nSPS) is 10.2. The van der Waals surface area contributed by atoms with Crippen LogP contribution in [0.5, 0.6) is 0 Å². The van der Waals surface area contributed by atoms with Crippen molar-refractivity contribution in [2.75, 3.05) is 0 Å². The van der Waals surface area contributed by atoms with Gasteiger partial charge in [-0.3, -0.25) is 4.98 Å². The quantitative estimate of drug-likeness (QED) is 0.677. The Balaban J connectivity index is 2.15. The Labute approximate surface area is 76.3 Å². The minimum Gasteiger partial charge on any atom is -0.259 e. The molecule has 0 spiro atoms. The molecular weight excluding hydrogens is 164 g/mol. The van der Waals surface area contributed by atoms with Gasteiger partial charge in [0.2, 0.25) is 0 Å². The van der Waals surface area contributed by atoms with Crippen LogP contribution in [0.15, 0.2) is 30.7 Å². The number of rotatable bonds is 2. The summed E-state index contributed by atoms with van der Waals surface area (Å²) in [5.74, 6) is 0.538. The molecule has 13 heavy (non-hydrogen) atoms. The zero-order valence-corrected chi connectivity index (χ0v) is 7.09. The van der Waals surface area contributed by atoms with E-state index in [1.54, 1.807) is 17.2 Å². The van der Waals surface area contributed by atoms with Crippen LogP contribution < -0.4 is 0 Å². The molecule has 2 aromatic rings. The first-order chi connectivity index (χ1) is 6.34. The van der Waals surface area contributed by atoms with Gasteiger partial charge in [-0.25, -0.2) is 9.67 Å². The molecule has 0 aromatic carbocycles. The van der Waals surface area contributed by atoms with Crippen LogP contribution in [0, 0.1) is 6.92 Å². The summed E-state index contributed by atoms with van der Waals surface area (Å²) in [6, 6.07) is 5.78. The average Bonchev–Trinajstić information content (AvgIpc) is 2.53. The fraction of sp³-hybridized carbons (Fsp3) is 0.111. The fourth-order valence-corrected chi connectivity index (χ4v) is 1.07. The summed E-state index contributed by atoms with van der Waals surface area (Å²) in [4.78, 5) is 8.10. The third-order valence-electron chi connectivity index (χ3n) is 1.63. The molecule has 4 nitrogen and oxygen atoms in total. The van der Waals surface area contributed by atoms with Crippen LogP contribution in [0.25, 0.3) is 0 Å². The molecule has 1 radical (unpaired) electrons. The van der Waals surface area contributed by atoms with E-state index >= 15 is 0 Å². The summed E-state index contributed by atoms with van der Waals surface area (Å²) >= 11 is 0. The Hall–Kier alpha value is -1.71. The van der Waals surface area contributed by atoms with Gasteiger partial charge in [-0.15, -0.1) is 0 Å². The van der Waals surface area contributed by atoms with Gasteiger partial charge < -0.3 is 0 Å². The maximum absolute atomic E-state index is 4.17. The number of pyridine rings is 1. The Morgan fingerprint density at radius 2 is 2.23 bits per heavy atom. The van der Waals surface area contributed by atoms with Crippen molar-refractivity contribution in [3.05, 3.63) is 49.2 Å². The topological polar surface area (TPSA) is 43.6 Å². The Kier molecular flexibility index (Phi) is 2.04. The van der Waals surface area contributed by atoms with Crippen LogP contribution in [0.1, 0.15) is 11.5 Å². The second-order valence-corrected chi connectivity index (χ2v) is 2.68. The second kappa shape index (κ2) is 3.35. The second-order valence-electron chi connectivity index (χ2n) is 2.68. The van der Waals surface area contributed by atoms with Crippen molar-refractivity contribution in [1.82, 2.24) is 19.7 Å². The maximum atomic E-state index is 4.17. The fourth-order valence-electron chi connectivity index (χ4n) is 1.07. The van der Waals surface area contributed by atoms with Crippen molar-refractivity contribution < 1.29 is 0 Å². The Bertz CT molecular complexity index is 380. The first kappa shape index (κ1) is 7.91. The van der Waals surface area contributed by atoms with Crippen LogP contribution in [0.2, 0.25) is 0 Å². The molecule has 0 unspecified atom stereocenters. The third kappa shape index (κ3) is 1.90. The monoisotopic (exact) mass is 173 g/mol. The summed E-state index contributed by atoms with van der Waals surface area (Å²) in [6.07, 6.45) is 3.41. The zero-order chi connectivity index (χ0) is 9.10. The SMILES string of the molecule is [CH2]c1ncn(Cc2ccccn2)n1. The van der Waals surface area contributed by atoms with E-state index in [1.165, 1.54) is 0 Å². The van der Waals surface area contributed by atoms with Crippen LogP contribution in [0.3, 0.4) is 0 Å². The van der Waals surface area contributed by atoms with E-state index in [0.717, 1.165) is 5.69 Å². The van der Waals surface area contributed by atoms with E-state index in [9.17, 15) is 0 Å². The van der Waals surface area contributed by atoms with Gasteiger partial charge in [0.25, 0.3) is 0 Å². The van der Waals surface area contributed by atoms with Crippen molar-refractivity contribution in [2.24, 2.45) is 0 Å². The van der Waals surface area contributed by atoms with Crippen molar-refractivity contribution in [2.45, 2.75) is 6.54 Å². The highest BCUT2D eigenvalue weighted by molar-refractivity contribution is 5.03. The number of nitrogens with zero attached hydrogens (tertiary/aromatic N) is 4. The predicted octanol–water partition coefficient (Wildman–Crippen LogP) is 0.904. The van der Waals surface area contributed by atoms with Crippen LogP contribution in [0.4, 0.5) is 0 Å². The van der Waals surface area contributed by atoms with Crippen molar-refractivity contribution in [1.29, 1.82) is 0 Å². The zero-order valence-electron chi connectivity index (χ0n) is 7.09. The molecular formula is C9H9N4. The van der Waals surface area contributed by atoms with Gasteiger partial charge in [0.15, 0.2) is 5.82 Å². The molecule has 0 aliphatic heterocycles. The summed E-state index contributed by atoms with van der Waals surface area (Å²) < 4.78 is 1.71. The largest absolute Gasteiger partial charge is 0.259 e. The van der Waals surface area contributed by atoms with Crippen molar-refractivity contribution in [3.63, 3.8) is 0 Å². The summed E-state index contributed by atoms with van der Waals surface area (Å²) in [5.41, 5.74) is 0.965. The third-order valence-corrected chi connectivity index (χ3v) is 1.63. The molecule has 2 heterocycles. The lowest BCUT2D eigenvalue weighted by atomic mass is 10.3. The summed E-state index contributed by atoms with van der Waals surface area (Å²) in [5, 5.41) is 4.06. The van der Waals surface area contributed by atoms with Crippen LogP contribution in [-0.4, -0.2) is 19.7 Å². The lowest BCUT2D eigenvalue weighted by Gasteiger charge is -1.98. The van der Waals surface area contributed by atoms with Gasteiger partial charge in [0, 0.05) is 13.1 Å². The molecule has 0 N–H and O–H groups in total. The average molecular weight is 173 g/mol. The first-order valence-corrected chi connectivity index (χ1v) is 3.96. The van der Waals surface area contributed by atoms with Gasteiger partial charge >= 0.3 is 0 Å². The van der Waals surface area contributed by atoms with Crippen LogP contribution >= 0.6 is 0 Å². The molecule has 65 valence electrons. The molecule has 2 aromatic heterocycles. The molecule has 0 amide bonds. The number of aromatic nitrogens is 4. The van der Waals surface area contributed by atoms with E-state index in [2.05, 4.69) is 22.0 Å². The van der Waals surface area contributed by atoms with E-state index in [1.807, 2.05) is 18.2 Å². The van der Waals surface area contributed by atoms with Gasteiger partial charge in [0.1, 0.15) is 6.33 Å². The molecule has 0 aliphatic rings. The van der Waals surface area contributed by atoms with E-state index in [0.29, 0.717) is 12.4 Å². The molecule has 0 aliphatic carbocycles. The Morgan fingerprint density at radius 1 is 1.31 bits per heavy atom. The standard InChI is InChI=1S/C9H9N4/c1-8-11-7-13(12-8)6-9-4-2-3-5-10-9/h2-5,7H,1,6H2. The lowest BCUT2D eigenvalue weighted by molar-refractivity contribution is 0.668. The molecule has 0 fully saturated rings. The predicted molar refractivity (Wildman–Crippen MR) is 47.8 cm³/mol. The molecule has 0 bridgehead atoms. The summed E-state index contributed by atoms with van der Waals surface area (Å²) in [7, 11) is 0.